The number of carbonyl (C=O) groups excluding carboxylic acids is 2. The lowest BCUT2D eigenvalue weighted by atomic mass is 10.1. The minimum atomic E-state index is -0.479. The number of aldehydes is 1. The second-order valence-electron chi connectivity index (χ2n) is 3.93. The van der Waals surface area contributed by atoms with E-state index in [9.17, 15) is 9.59 Å². The molecule has 0 saturated carbocycles. The van der Waals surface area contributed by atoms with Gasteiger partial charge in [-0.2, -0.15) is 0 Å². The summed E-state index contributed by atoms with van der Waals surface area (Å²) >= 11 is 0. The van der Waals surface area contributed by atoms with Crippen molar-refractivity contribution >= 4 is 18.3 Å². The van der Waals surface area contributed by atoms with Gasteiger partial charge in [0.25, 0.3) is 0 Å². The topological polar surface area (TPSA) is 78.0 Å². The van der Waals surface area contributed by atoms with Crippen molar-refractivity contribution in [2.75, 3.05) is 0 Å². The molecule has 0 aliphatic carbocycles. The SMILES string of the molecule is NC(=O)C=Cc1ccc(Cn2[c]cnc2C=O)cc1. The largest absolute Gasteiger partial charge is 0.366 e. The predicted molar refractivity (Wildman–Crippen MR) is 70.2 cm³/mol. The molecule has 19 heavy (non-hydrogen) atoms. The van der Waals surface area contributed by atoms with E-state index < -0.39 is 5.91 Å². The zero-order valence-corrected chi connectivity index (χ0v) is 10.1. The first-order chi connectivity index (χ1) is 9.19. The molecule has 2 rings (SSSR count). The van der Waals surface area contributed by atoms with Crippen LogP contribution in [-0.4, -0.2) is 21.7 Å². The Balaban J connectivity index is 2.11. The maximum absolute atomic E-state index is 10.7. The number of carbonyl (C=O) groups is 2. The zero-order chi connectivity index (χ0) is 13.7. The molecule has 0 fully saturated rings. The first-order valence-electron chi connectivity index (χ1n) is 5.64. The summed E-state index contributed by atoms with van der Waals surface area (Å²) in [4.78, 5) is 25.2. The van der Waals surface area contributed by atoms with Crippen LogP contribution in [0.5, 0.6) is 0 Å². The lowest BCUT2D eigenvalue weighted by molar-refractivity contribution is -0.113. The third-order valence-corrected chi connectivity index (χ3v) is 2.55. The molecule has 95 valence electrons. The van der Waals surface area contributed by atoms with Gasteiger partial charge in [-0.15, -0.1) is 0 Å². The van der Waals surface area contributed by atoms with E-state index in [0.717, 1.165) is 11.1 Å². The summed E-state index contributed by atoms with van der Waals surface area (Å²) in [5.74, 6) is -0.134. The molecule has 0 saturated heterocycles. The fraction of sp³-hybridized carbons (Fsp3) is 0.0714. The third kappa shape index (κ3) is 3.38. The van der Waals surface area contributed by atoms with Crippen molar-refractivity contribution in [1.82, 2.24) is 9.55 Å². The van der Waals surface area contributed by atoms with E-state index >= 15 is 0 Å². The summed E-state index contributed by atoms with van der Waals surface area (Å²) in [6, 6.07) is 7.55. The molecule has 0 spiro atoms. The number of hydrogen-bond donors (Lipinski definition) is 1. The maximum Gasteiger partial charge on any atom is 0.241 e. The van der Waals surface area contributed by atoms with Gasteiger partial charge in [0, 0.05) is 12.6 Å². The molecule has 5 heteroatoms. The first-order valence-corrected chi connectivity index (χ1v) is 5.64. The highest BCUT2D eigenvalue weighted by Crippen LogP contribution is 2.08. The van der Waals surface area contributed by atoms with Gasteiger partial charge in [0.05, 0.1) is 12.4 Å². The van der Waals surface area contributed by atoms with Crippen LogP contribution in [0.2, 0.25) is 0 Å². The Morgan fingerprint density at radius 2 is 2.11 bits per heavy atom. The number of nitrogens with zero attached hydrogens (tertiary/aromatic N) is 2. The van der Waals surface area contributed by atoms with Gasteiger partial charge in [0.1, 0.15) is 0 Å². The van der Waals surface area contributed by atoms with Gasteiger partial charge in [-0.3, -0.25) is 9.59 Å². The Kier molecular flexibility index (Phi) is 3.87. The smallest absolute Gasteiger partial charge is 0.241 e. The van der Waals surface area contributed by atoms with Crippen molar-refractivity contribution in [2.45, 2.75) is 6.54 Å². The Labute approximate surface area is 110 Å². The van der Waals surface area contributed by atoms with Crippen LogP contribution in [0.25, 0.3) is 6.08 Å². The van der Waals surface area contributed by atoms with Gasteiger partial charge in [-0.25, -0.2) is 4.98 Å². The summed E-state index contributed by atoms with van der Waals surface area (Å²) in [7, 11) is 0. The van der Waals surface area contributed by atoms with Crippen molar-refractivity contribution in [1.29, 1.82) is 0 Å². The number of imidazole rings is 1. The Morgan fingerprint density at radius 3 is 2.74 bits per heavy atom. The standard InChI is InChI=1S/C14H12N3O2/c15-13(19)6-5-11-1-3-12(4-2-11)9-17-8-7-16-14(17)10-18/h1-7,10H,9H2,(H2,15,19). The quantitative estimate of drug-likeness (QED) is 0.639. The lowest BCUT2D eigenvalue weighted by Crippen LogP contribution is -2.05. The molecule has 2 N–H and O–H groups in total. The number of rotatable bonds is 5. The number of primary amides is 1. The second-order valence-corrected chi connectivity index (χ2v) is 3.93. The number of amides is 1. The van der Waals surface area contributed by atoms with Crippen LogP contribution in [0, 0.1) is 6.20 Å². The molecule has 1 heterocycles. The molecule has 2 aromatic rings. The fourth-order valence-corrected chi connectivity index (χ4v) is 1.62. The van der Waals surface area contributed by atoms with E-state index in [1.54, 1.807) is 10.6 Å². The van der Waals surface area contributed by atoms with Crippen molar-refractivity contribution in [3.63, 3.8) is 0 Å². The van der Waals surface area contributed by atoms with Gasteiger partial charge >= 0.3 is 0 Å². The number of benzene rings is 1. The third-order valence-electron chi connectivity index (χ3n) is 2.55. The Morgan fingerprint density at radius 1 is 1.37 bits per heavy atom. The molecule has 1 aromatic carbocycles. The molecule has 0 aliphatic heterocycles. The lowest BCUT2D eigenvalue weighted by Gasteiger charge is -2.04. The van der Waals surface area contributed by atoms with Gasteiger partial charge in [-0.1, -0.05) is 24.3 Å². The van der Waals surface area contributed by atoms with E-state index in [-0.39, 0.29) is 0 Å². The molecule has 5 nitrogen and oxygen atoms in total. The van der Waals surface area contributed by atoms with Gasteiger partial charge in [0.2, 0.25) is 5.91 Å². The average Bonchev–Trinajstić information content (AvgIpc) is 2.85. The summed E-state index contributed by atoms with van der Waals surface area (Å²) in [6.07, 6.45) is 7.97. The van der Waals surface area contributed by atoms with E-state index in [2.05, 4.69) is 11.2 Å². The van der Waals surface area contributed by atoms with E-state index in [0.29, 0.717) is 18.7 Å². The maximum atomic E-state index is 10.7. The number of hydrogen-bond acceptors (Lipinski definition) is 3. The normalized spacial score (nSPS) is 10.7. The summed E-state index contributed by atoms with van der Waals surface area (Å²) in [6.45, 7) is 0.522. The van der Waals surface area contributed by atoms with E-state index in [1.807, 2.05) is 24.3 Å². The molecule has 0 bridgehead atoms. The molecule has 1 aromatic heterocycles. The summed E-state index contributed by atoms with van der Waals surface area (Å²) < 4.78 is 1.64. The Hall–Kier alpha value is -2.69. The zero-order valence-electron chi connectivity index (χ0n) is 10.1. The highest BCUT2D eigenvalue weighted by Gasteiger charge is 2.02. The van der Waals surface area contributed by atoms with Crippen molar-refractivity contribution in [2.24, 2.45) is 5.73 Å². The minimum absolute atomic E-state index is 0.345. The van der Waals surface area contributed by atoms with Crippen LogP contribution in [0.15, 0.2) is 36.5 Å². The highest BCUT2D eigenvalue weighted by molar-refractivity contribution is 5.90. The van der Waals surface area contributed by atoms with Crippen LogP contribution >= 0.6 is 0 Å². The first kappa shape index (κ1) is 12.8. The molecule has 1 amide bonds. The Bertz CT molecular complexity index is 612. The molecule has 0 atom stereocenters. The highest BCUT2D eigenvalue weighted by atomic mass is 16.1. The number of nitrogens with two attached hydrogens (primary N) is 1. The summed E-state index contributed by atoms with van der Waals surface area (Å²) in [5, 5.41) is 0. The molecule has 1 radical (unpaired) electrons. The number of aromatic nitrogens is 2. The van der Waals surface area contributed by atoms with Gasteiger partial charge < -0.3 is 10.3 Å². The van der Waals surface area contributed by atoms with Crippen molar-refractivity contribution < 1.29 is 9.59 Å². The van der Waals surface area contributed by atoms with Crippen LogP contribution in [0.4, 0.5) is 0 Å². The van der Waals surface area contributed by atoms with Crippen LogP contribution in [0.3, 0.4) is 0 Å². The molecule has 0 aliphatic rings. The summed E-state index contributed by atoms with van der Waals surface area (Å²) in [5.41, 5.74) is 6.91. The second kappa shape index (κ2) is 5.77. The fourth-order valence-electron chi connectivity index (χ4n) is 1.62. The van der Waals surface area contributed by atoms with Crippen LogP contribution in [-0.2, 0) is 11.3 Å². The van der Waals surface area contributed by atoms with E-state index in [1.165, 1.54) is 12.3 Å². The monoisotopic (exact) mass is 254 g/mol. The average molecular weight is 254 g/mol. The van der Waals surface area contributed by atoms with Crippen molar-refractivity contribution in [3.8, 4) is 0 Å². The van der Waals surface area contributed by atoms with Crippen LogP contribution in [0.1, 0.15) is 21.7 Å². The van der Waals surface area contributed by atoms with Gasteiger partial charge in [-0.05, 0) is 17.2 Å². The van der Waals surface area contributed by atoms with E-state index in [4.69, 9.17) is 5.73 Å². The predicted octanol–water partition coefficient (Wildman–Crippen LogP) is 1.04. The molecule has 0 unspecified atom stereocenters. The van der Waals surface area contributed by atoms with Gasteiger partial charge in [0.15, 0.2) is 12.1 Å². The minimum Gasteiger partial charge on any atom is -0.366 e. The van der Waals surface area contributed by atoms with Crippen molar-refractivity contribution in [3.05, 3.63) is 59.7 Å². The molecular weight excluding hydrogens is 242 g/mol. The molecular formula is C14H12N3O2. The van der Waals surface area contributed by atoms with Crippen LogP contribution < -0.4 is 5.73 Å².